The first-order valence-corrected chi connectivity index (χ1v) is 7.01. The van der Waals surface area contributed by atoms with Gasteiger partial charge in [0.25, 0.3) is 5.91 Å². The molecule has 2 rings (SSSR count). The van der Waals surface area contributed by atoms with E-state index >= 15 is 0 Å². The Labute approximate surface area is 120 Å². The SMILES string of the molecule is CN(C)CCN1CCN(C(=O)c2cccc(O)c2)CC1. The summed E-state index contributed by atoms with van der Waals surface area (Å²) in [6, 6.07) is 6.56. The molecule has 1 aliphatic heterocycles. The second-order valence-corrected chi connectivity index (χ2v) is 5.49. The molecule has 5 nitrogen and oxygen atoms in total. The molecule has 1 heterocycles. The van der Waals surface area contributed by atoms with E-state index < -0.39 is 0 Å². The molecule has 1 saturated heterocycles. The zero-order valence-electron chi connectivity index (χ0n) is 12.2. The fourth-order valence-electron chi connectivity index (χ4n) is 2.34. The molecule has 0 saturated carbocycles. The number of hydrogen-bond donors (Lipinski definition) is 1. The van der Waals surface area contributed by atoms with Crippen LogP contribution in [0.5, 0.6) is 5.75 Å². The van der Waals surface area contributed by atoms with Crippen LogP contribution in [-0.4, -0.2) is 79.1 Å². The van der Waals surface area contributed by atoms with Gasteiger partial charge in [-0.05, 0) is 32.3 Å². The summed E-state index contributed by atoms with van der Waals surface area (Å²) in [5, 5.41) is 9.44. The van der Waals surface area contributed by atoms with Crippen molar-refractivity contribution in [1.82, 2.24) is 14.7 Å². The van der Waals surface area contributed by atoms with Crippen molar-refractivity contribution in [2.24, 2.45) is 0 Å². The molecule has 0 spiro atoms. The molecule has 1 aliphatic rings. The van der Waals surface area contributed by atoms with Gasteiger partial charge in [-0.3, -0.25) is 9.69 Å². The minimum absolute atomic E-state index is 0.00756. The van der Waals surface area contributed by atoms with Gasteiger partial charge in [0.2, 0.25) is 0 Å². The van der Waals surface area contributed by atoms with Crippen LogP contribution in [0, 0.1) is 0 Å². The van der Waals surface area contributed by atoms with E-state index in [0.29, 0.717) is 5.56 Å². The van der Waals surface area contributed by atoms with Crippen LogP contribution in [0.4, 0.5) is 0 Å². The first-order valence-electron chi connectivity index (χ1n) is 7.01. The van der Waals surface area contributed by atoms with Crippen LogP contribution >= 0.6 is 0 Å². The zero-order chi connectivity index (χ0) is 14.5. The smallest absolute Gasteiger partial charge is 0.254 e. The van der Waals surface area contributed by atoms with Gasteiger partial charge in [-0.25, -0.2) is 0 Å². The predicted octanol–water partition coefficient (Wildman–Crippen LogP) is 0.712. The average Bonchev–Trinajstić information content (AvgIpc) is 2.45. The number of nitrogens with zero attached hydrogens (tertiary/aromatic N) is 3. The molecule has 0 bridgehead atoms. The van der Waals surface area contributed by atoms with Crippen molar-refractivity contribution in [2.75, 3.05) is 53.4 Å². The molecule has 110 valence electrons. The van der Waals surface area contributed by atoms with Gasteiger partial charge < -0.3 is 14.9 Å². The minimum Gasteiger partial charge on any atom is -0.508 e. The van der Waals surface area contributed by atoms with Crippen LogP contribution in [0.3, 0.4) is 0 Å². The van der Waals surface area contributed by atoms with Crippen molar-refractivity contribution in [3.63, 3.8) is 0 Å². The van der Waals surface area contributed by atoms with Crippen LogP contribution in [-0.2, 0) is 0 Å². The molecule has 0 radical (unpaired) electrons. The number of rotatable bonds is 4. The van der Waals surface area contributed by atoms with E-state index in [1.807, 2.05) is 4.90 Å². The molecule has 0 unspecified atom stereocenters. The monoisotopic (exact) mass is 277 g/mol. The number of aromatic hydroxyl groups is 1. The molecule has 0 aromatic heterocycles. The molecular weight excluding hydrogens is 254 g/mol. The Morgan fingerprint density at radius 3 is 2.55 bits per heavy atom. The van der Waals surface area contributed by atoms with Gasteiger partial charge >= 0.3 is 0 Å². The molecule has 20 heavy (non-hydrogen) atoms. The summed E-state index contributed by atoms with van der Waals surface area (Å²) in [4.78, 5) is 18.7. The normalized spacial score (nSPS) is 16.6. The molecule has 1 aromatic rings. The maximum absolute atomic E-state index is 12.3. The Hall–Kier alpha value is -1.59. The summed E-state index contributed by atoms with van der Waals surface area (Å²) in [5.74, 6) is 0.147. The number of carbonyl (C=O) groups is 1. The van der Waals surface area contributed by atoms with Gasteiger partial charge in [0.15, 0.2) is 0 Å². The van der Waals surface area contributed by atoms with Crippen molar-refractivity contribution in [2.45, 2.75) is 0 Å². The number of amides is 1. The second-order valence-electron chi connectivity index (χ2n) is 5.49. The number of phenolic OH excluding ortho intramolecular Hbond substituents is 1. The number of phenols is 1. The molecule has 1 aromatic carbocycles. The quantitative estimate of drug-likeness (QED) is 0.880. The van der Waals surface area contributed by atoms with Crippen molar-refractivity contribution in [1.29, 1.82) is 0 Å². The maximum atomic E-state index is 12.3. The molecular formula is C15H23N3O2. The highest BCUT2D eigenvalue weighted by molar-refractivity contribution is 5.94. The molecule has 0 atom stereocenters. The number of likely N-dealkylation sites (N-methyl/N-ethyl adjacent to an activating group) is 1. The van der Waals surface area contributed by atoms with Crippen molar-refractivity contribution in [3.05, 3.63) is 29.8 Å². The van der Waals surface area contributed by atoms with E-state index in [1.54, 1.807) is 18.2 Å². The minimum atomic E-state index is 0.00756. The van der Waals surface area contributed by atoms with Gasteiger partial charge in [0.05, 0.1) is 0 Å². The average molecular weight is 277 g/mol. The summed E-state index contributed by atoms with van der Waals surface area (Å²) in [6.45, 7) is 5.42. The molecule has 1 amide bonds. The fourth-order valence-corrected chi connectivity index (χ4v) is 2.34. The van der Waals surface area contributed by atoms with Crippen molar-refractivity contribution >= 4 is 5.91 Å². The third-order valence-electron chi connectivity index (χ3n) is 3.62. The number of hydrogen-bond acceptors (Lipinski definition) is 4. The maximum Gasteiger partial charge on any atom is 0.254 e. The second kappa shape index (κ2) is 6.72. The summed E-state index contributed by atoms with van der Waals surface area (Å²) in [7, 11) is 4.14. The van der Waals surface area contributed by atoms with E-state index in [9.17, 15) is 9.90 Å². The molecule has 0 aliphatic carbocycles. The number of carbonyl (C=O) groups excluding carboxylic acids is 1. The van der Waals surface area contributed by atoms with Crippen LogP contribution < -0.4 is 0 Å². The van der Waals surface area contributed by atoms with Crippen LogP contribution in [0.15, 0.2) is 24.3 Å². The first kappa shape index (κ1) is 14.8. The number of piperazine rings is 1. The third-order valence-corrected chi connectivity index (χ3v) is 3.62. The number of benzene rings is 1. The predicted molar refractivity (Wildman–Crippen MR) is 79.0 cm³/mol. The van der Waals surface area contributed by atoms with Crippen LogP contribution in [0.1, 0.15) is 10.4 Å². The van der Waals surface area contributed by atoms with Crippen molar-refractivity contribution in [3.8, 4) is 5.75 Å². The Kier molecular flexibility index (Phi) is 4.98. The largest absolute Gasteiger partial charge is 0.508 e. The van der Waals surface area contributed by atoms with E-state index in [4.69, 9.17) is 0 Å². The fraction of sp³-hybridized carbons (Fsp3) is 0.533. The Morgan fingerprint density at radius 1 is 1.25 bits per heavy atom. The topological polar surface area (TPSA) is 47.0 Å². The Bertz CT molecular complexity index is 454. The third kappa shape index (κ3) is 3.95. The Balaban J connectivity index is 1.86. The van der Waals surface area contributed by atoms with Gasteiger partial charge in [0.1, 0.15) is 5.75 Å². The zero-order valence-corrected chi connectivity index (χ0v) is 12.2. The van der Waals surface area contributed by atoms with E-state index in [-0.39, 0.29) is 11.7 Å². The highest BCUT2D eigenvalue weighted by Gasteiger charge is 2.22. The van der Waals surface area contributed by atoms with Crippen LogP contribution in [0.25, 0.3) is 0 Å². The highest BCUT2D eigenvalue weighted by atomic mass is 16.3. The van der Waals surface area contributed by atoms with E-state index in [2.05, 4.69) is 23.9 Å². The summed E-state index contributed by atoms with van der Waals surface area (Å²) >= 11 is 0. The van der Waals surface area contributed by atoms with E-state index in [1.165, 1.54) is 6.07 Å². The van der Waals surface area contributed by atoms with Crippen LogP contribution in [0.2, 0.25) is 0 Å². The lowest BCUT2D eigenvalue weighted by molar-refractivity contribution is 0.0629. The van der Waals surface area contributed by atoms with Gasteiger partial charge in [-0.2, -0.15) is 0 Å². The molecule has 1 fully saturated rings. The highest BCUT2D eigenvalue weighted by Crippen LogP contribution is 2.14. The van der Waals surface area contributed by atoms with Gasteiger partial charge in [0, 0.05) is 44.8 Å². The van der Waals surface area contributed by atoms with Crippen molar-refractivity contribution < 1.29 is 9.90 Å². The lowest BCUT2D eigenvalue weighted by Gasteiger charge is -2.35. The molecule has 5 heteroatoms. The first-order chi connectivity index (χ1) is 9.56. The summed E-state index contributed by atoms with van der Waals surface area (Å²) in [5.41, 5.74) is 0.562. The van der Waals surface area contributed by atoms with E-state index in [0.717, 1.165) is 39.3 Å². The molecule has 1 N–H and O–H groups in total. The standard InChI is InChI=1S/C15H23N3O2/c1-16(2)6-7-17-8-10-18(11-9-17)15(20)13-4-3-5-14(19)12-13/h3-5,12,19H,6-11H2,1-2H3. The van der Waals surface area contributed by atoms with Gasteiger partial charge in [-0.15, -0.1) is 0 Å². The summed E-state index contributed by atoms with van der Waals surface area (Å²) < 4.78 is 0. The summed E-state index contributed by atoms with van der Waals surface area (Å²) in [6.07, 6.45) is 0. The Morgan fingerprint density at radius 2 is 1.95 bits per heavy atom. The lowest BCUT2D eigenvalue weighted by atomic mass is 10.1. The lowest BCUT2D eigenvalue weighted by Crippen LogP contribution is -2.49. The van der Waals surface area contributed by atoms with Gasteiger partial charge in [-0.1, -0.05) is 6.07 Å².